The first-order valence-electron chi connectivity index (χ1n) is 9.74. The van der Waals surface area contributed by atoms with Gasteiger partial charge in [0.25, 0.3) is 0 Å². The SMILES string of the molecule is Cc1ccc(S(=O)(=O)c2cc(-c3cccc4ccccc34)nc3ccccc23)cc1. The predicted octanol–water partition coefficient (Wildman–Crippen LogP) is 6.20. The fourth-order valence-electron chi connectivity index (χ4n) is 3.80. The minimum atomic E-state index is -3.71. The third kappa shape index (κ3) is 3.06. The van der Waals surface area contributed by atoms with Gasteiger partial charge in [-0.25, -0.2) is 13.4 Å². The van der Waals surface area contributed by atoms with Crippen LogP contribution in [0.2, 0.25) is 0 Å². The van der Waals surface area contributed by atoms with E-state index in [0.29, 0.717) is 16.6 Å². The van der Waals surface area contributed by atoms with Gasteiger partial charge in [0.05, 0.1) is 21.0 Å². The lowest BCUT2D eigenvalue weighted by atomic mass is 10.0. The Labute approximate surface area is 175 Å². The number of aryl methyl sites for hydroxylation is 1. The molecule has 0 aliphatic carbocycles. The number of pyridine rings is 1. The van der Waals surface area contributed by atoms with Gasteiger partial charge >= 0.3 is 0 Å². The number of hydrogen-bond acceptors (Lipinski definition) is 3. The van der Waals surface area contributed by atoms with Crippen molar-refractivity contribution >= 4 is 31.5 Å². The summed E-state index contributed by atoms with van der Waals surface area (Å²) in [6.45, 7) is 1.94. The van der Waals surface area contributed by atoms with Crippen molar-refractivity contribution in [1.82, 2.24) is 4.98 Å². The van der Waals surface area contributed by atoms with Crippen LogP contribution in [0.5, 0.6) is 0 Å². The Kier molecular flexibility index (Phi) is 4.37. The number of fused-ring (bicyclic) bond motifs is 2. The Hall–Kier alpha value is -3.50. The maximum atomic E-state index is 13.6. The summed E-state index contributed by atoms with van der Waals surface area (Å²) in [7, 11) is -3.71. The van der Waals surface area contributed by atoms with Gasteiger partial charge in [-0.2, -0.15) is 0 Å². The quantitative estimate of drug-likeness (QED) is 0.357. The van der Waals surface area contributed by atoms with Crippen molar-refractivity contribution in [3.63, 3.8) is 0 Å². The van der Waals surface area contributed by atoms with E-state index in [0.717, 1.165) is 21.9 Å². The van der Waals surface area contributed by atoms with E-state index >= 15 is 0 Å². The third-order valence-corrected chi connectivity index (χ3v) is 7.17. The second-order valence-corrected chi connectivity index (χ2v) is 9.28. The van der Waals surface area contributed by atoms with Crippen LogP contribution in [0, 0.1) is 6.92 Å². The second-order valence-electron chi connectivity index (χ2n) is 7.37. The zero-order valence-corrected chi connectivity index (χ0v) is 17.2. The third-order valence-electron chi connectivity index (χ3n) is 5.36. The Bertz CT molecular complexity index is 1500. The van der Waals surface area contributed by atoms with Crippen molar-refractivity contribution in [3.05, 3.63) is 103 Å². The molecule has 1 aromatic heterocycles. The van der Waals surface area contributed by atoms with Gasteiger partial charge in [-0.15, -0.1) is 0 Å². The molecule has 0 spiro atoms. The molecule has 0 atom stereocenters. The molecule has 1 heterocycles. The maximum Gasteiger partial charge on any atom is 0.207 e. The van der Waals surface area contributed by atoms with Gasteiger partial charge in [-0.05, 0) is 42.0 Å². The summed E-state index contributed by atoms with van der Waals surface area (Å²) >= 11 is 0. The smallest absolute Gasteiger partial charge is 0.207 e. The number of rotatable bonds is 3. The molecule has 0 saturated heterocycles. The molecule has 146 valence electrons. The molecule has 0 aliphatic heterocycles. The molecule has 0 radical (unpaired) electrons. The average molecular weight is 410 g/mol. The molecule has 5 aromatic rings. The minimum absolute atomic E-state index is 0.278. The van der Waals surface area contributed by atoms with E-state index in [1.54, 1.807) is 18.2 Å². The summed E-state index contributed by atoms with van der Waals surface area (Å²) < 4.78 is 27.2. The topological polar surface area (TPSA) is 47.0 Å². The van der Waals surface area contributed by atoms with Gasteiger partial charge in [-0.1, -0.05) is 78.4 Å². The van der Waals surface area contributed by atoms with Gasteiger partial charge in [-0.3, -0.25) is 0 Å². The van der Waals surface area contributed by atoms with E-state index in [9.17, 15) is 8.42 Å². The summed E-state index contributed by atoms with van der Waals surface area (Å²) in [5, 5.41) is 2.76. The highest BCUT2D eigenvalue weighted by atomic mass is 32.2. The molecule has 0 aliphatic rings. The van der Waals surface area contributed by atoms with Crippen molar-refractivity contribution in [1.29, 1.82) is 0 Å². The van der Waals surface area contributed by atoms with E-state index in [1.165, 1.54) is 0 Å². The van der Waals surface area contributed by atoms with E-state index in [1.807, 2.05) is 85.8 Å². The standard InChI is InChI=1S/C26H19NO2S/c1-18-13-15-20(16-14-18)30(28,29)26-17-25(27-24-12-5-4-10-23(24)26)22-11-6-8-19-7-2-3-9-21(19)22/h2-17H,1H3. The van der Waals surface area contributed by atoms with Gasteiger partial charge in [0.1, 0.15) is 0 Å². The zero-order chi connectivity index (χ0) is 20.7. The van der Waals surface area contributed by atoms with Crippen LogP contribution < -0.4 is 0 Å². The Morgan fingerprint density at radius 2 is 1.37 bits per heavy atom. The highest BCUT2D eigenvalue weighted by Gasteiger charge is 2.22. The van der Waals surface area contributed by atoms with E-state index in [2.05, 4.69) is 0 Å². The van der Waals surface area contributed by atoms with Crippen LogP contribution in [0.1, 0.15) is 5.56 Å². The van der Waals surface area contributed by atoms with Gasteiger partial charge in [0.15, 0.2) is 0 Å². The summed E-state index contributed by atoms with van der Waals surface area (Å²) in [4.78, 5) is 5.38. The van der Waals surface area contributed by atoms with E-state index in [4.69, 9.17) is 4.98 Å². The number of aromatic nitrogens is 1. The first-order valence-corrected chi connectivity index (χ1v) is 11.2. The molecular weight excluding hydrogens is 390 g/mol. The fraction of sp³-hybridized carbons (Fsp3) is 0.0385. The van der Waals surface area contributed by atoms with Crippen LogP contribution in [0.3, 0.4) is 0 Å². The highest BCUT2D eigenvalue weighted by molar-refractivity contribution is 7.91. The first-order chi connectivity index (χ1) is 14.5. The molecule has 30 heavy (non-hydrogen) atoms. The molecule has 5 rings (SSSR count). The molecule has 0 N–H and O–H groups in total. The lowest BCUT2D eigenvalue weighted by Gasteiger charge is -2.12. The largest absolute Gasteiger partial charge is 0.248 e. The molecule has 4 aromatic carbocycles. The molecule has 0 fully saturated rings. The van der Waals surface area contributed by atoms with E-state index < -0.39 is 9.84 Å². The predicted molar refractivity (Wildman–Crippen MR) is 121 cm³/mol. The number of sulfone groups is 1. The molecule has 0 unspecified atom stereocenters. The van der Waals surface area contributed by atoms with E-state index in [-0.39, 0.29) is 9.79 Å². The number of para-hydroxylation sites is 1. The van der Waals surface area contributed by atoms with Crippen molar-refractivity contribution in [2.24, 2.45) is 0 Å². The van der Waals surface area contributed by atoms with Crippen LogP contribution in [-0.4, -0.2) is 13.4 Å². The molecule has 0 bridgehead atoms. The van der Waals surface area contributed by atoms with Crippen LogP contribution in [-0.2, 0) is 9.84 Å². The molecule has 0 saturated carbocycles. The summed E-state index contributed by atoms with van der Waals surface area (Å²) in [6.07, 6.45) is 0. The van der Waals surface area contributed by atoms with Crippen LogP contribution in [0.4, 0.5) is 0 Å². The van der Waals surface area contributed by atoms with Gasteiger partial charge < -0.3 is 0 Å². The van der Waals surface area contributed by atoms with Crippen molar-refractivity contribution < 1.29 is 8.42 Å². The second kappa shape index (κ2) is 7.08. The van der Waals surface area contributed by atoms with Gasteiger partial charge in [0, 0.05) is 10.9 Å². The van der Waals surface area contributed by atoms with Crippen molar-refractivity contribution in [2.45, 2.75) is 16.7 Å². The lowest BCUT2D eigenvalue weighted by Crippen LogP contribution is -2.04. The molecular formula is C26H19NO2S. The first kappa shape index (κ1) is 18.5. The Balaban J connectivity index is 1.82. The number of nitrogens with zero attached hydrogens (tertiary/aromatic N) is 1. The van der Waals surface area contributed by atoms with Crippen LogP contribution in [0.25, 0.3) is 32.9 Å². The maximum absolute atomic E-state index is 13.6. The van der Waals surface area contributed by atoms with Crippen molar-refractivity contribution in [2.75, 3.05) is 0 Å². The Morgan fingerprint density at radius 1 is 0.700 bits per heavy atom. The summed E-state index contributed by atoms with van der Waals surface area (Å²) in [5.74, 6) is 0. The number of benzene rings is 4. The highest BCUT2D eigenvalue weighted by Crippen LogP contribution is 2.34. The van der Waals surface area contributed by atoms with Crippen LogP contribution in [0.15, 0.2) is 107 Å². The van der Waals surface area contributed by atoms with Gasteiger partial charge in [0.2, 0.25) is 9.84 Å². The molecule has 0 amide bonds. The molecule has 3 nitrogen and oxygen atoms in total. The normalized spacial score (nSPS) is 11.8. The van der Waals surface area contributed by atoms with Crippen molar-refractivity contribution in [3.8, 4) is 11.3 Å². The summed E-state index contributed by atoms with van der Waals surface area (Å²) in [6, 6.07) is 30.1. The fourth-order valence-corrected chi connectivity index (χ4v) is 5.27. The van der Waals surface area contributed by atoms with Crippen LogP contribution >= 0.6 is 0 Å². The monoisotopic (exact) mass is 409 g/mol. The number of hydrogen-bond donors (Lipinski definition) is 0. The molecule has 4 heteroatoms. The summed E-state index contributed by atoms with van der Waals surface area (Å²) in [5.41, 5.74) is 3.24. The Morgan fingerprint density at radius 3 is 2.17 bits per heavy atom. The lowest BCUT2D eigenvalue weighted by molar-refractivity contribution is 0.597. The average Bonchev–Trinajstić information content (AvgIpc) is 2.78. The zero-order valence-electron chi connectivity index (χ0n) is 16.4. The minimum Gasteiger partial charge on any atom is -0.248 e.